The van der Waals surface area contributed by atoms with Crippen molar-refractivity contribution in [2.45, 2.75) is 13.3 Å². The Labute approximate surface area is 66.5 Å². The molecule has 1 fully saturated rings. The first-order chi connectivity index (χ1) is 4.79. The van der Waals surface area contributed by atoms with Crippen LogP contribution in [0.3, 0.4) is 0 Å². The first kappa shape index (κ1) is 7.95. The smallest absolute Gasteiger partial charge is 0.156 e. The predicted molar refractivity (Wildman–Crippen MR) is 43.2 cm³/mol. The third kappa shape index (κ3) is 2.62. The molecule has 1 aliphatic rings. The van der Waals surface area contributed by atoms with Gasteiger partial charge in [-0.25, -0.2) is 0 Å². The van der Waals surface area contributed by atoms with Crippen LogP contribution in [0.1, 0.15) is 13.3 Å². The van der Waals surface area contributed by atoms with Gasteiger partial charge >= 0.3 is 0 Å². The minimum Gasteiger partial charge on any atom is -0.487 e. The second-order valence-electron chi connectivity index (χ2n) is 2.53. The summed E-state index contributed by atoms with van der Waals surface area (Å²) in [5.74, 6) is 0.567. The summed E-state index contributed by atoms with van der Waals surface area (Å²) in [7, 11) is 0. The maximum absolute atomic E-state index is 5.18. The number of hydrogen-bond acceptors (Lipinski definition) is 3. The maximum atomic E-state index is 5.18. The minimum absolute atomic E-state index is 0.567. The van der Waals surface area contributed by atoms with Crippen LogP contribution in [0.25, 0.3) is 0 Å². The van der Waals surface area contributed by atoms with Gasteiger partial charge in [-0.1, -0.05) is 0 Å². The van der Waals surface area contributed by atoms with Crippen molar-refractivity contribution in [1.29, 1.82) is 0 Å². The van der Waals surface area contributed by atoms with Crippen LogP contribution >= 0.6 is 12.2 Å². The molecule has 10 heavy (non-hydrogen) atoms. The number of thiocarbonyl (C=S) groups is 1. The number of rotatable bonds is 2. The molecule has 58 valence electrons. The molecule has 0 aliphatic carbocycles. The van der Waals surface area contributed by atoms with Crippen LogP contribution in [0.4, 0.5) is 0 Å². The molecule has 1 atom stereocenters. The van der Waals surface area contributed by atoms with E-state index in [9.17, 15) is 0 Å². The van der Waals surface area contributed by atoms with Crippen molar-refractivity contribution in [3.05, 3.63) is 0 Å². The standard InChI is InChI=1S/C7H12O2S/c1-6(10)9-5-7-2-3-8-4-7/h7H,2-5H2,1H3/t7-/m0/s1. The molecule has 0 aromatic rings. The lowest BCUT2D eigenvalue weighted by molar-refractivity contribution is 0.165. The first-order valence-electron chi connectivity index (χ1n) is 3.50. The lowest BCUT2D eigenvalue weighted by Gasteiger charge is -2.07. The molecule has 1 saturated heterocycles. The molecular formula is C7H12O2S. The van der Waals surface area contributed by atoms with Gasteiger partial charge in [0, 0.05) is 19.4 Å². The highest BCUT2D eigenvalue weighted by Crippen LogP contribution is 2.12. The fourth-order valence-corrected chi connectivity index (χ4v) is 1.02. The van der Waals surface area contributed by atoms with E-state index in [1.807, 2.05) is 0 Å². The van der Waals surface area contributed by atoms with E-state index in [0.717, 1.165) is 26.2 Å². The molecule has 0 unspecified atom stereocenters. The van der Waals surface area contributed by atoms with E-state index in [2.05, 4.69) is 0 Å². The van der Waals surface area contributed by atoms with Crippen LogP contribution in [0.15, 0.2) is 0 Å². The van der Waals surface area contributed by atoms with Gasteiger partial charge in [-0.3, -0.25) is 0 Å². The van der Waals surface area contributed by atoms with Crippen molar-refractivity contribution in [1.82, 2.24) is 0 Å². The molecule has 1 aliphatic heterocycles. The lowest BCUT2D eigenvalue weighted by atomic mass is 10.1. The Kier molecular flexibility index (Phi) is 3.09. The molecule has 0 spiro atoms. The maximum Gasteiger partial charge on any atom is 0.156 e. The van der Waals surface area contributed by atoms with Crippen LogP contribution in [-0.4, -0.2) is 24.9 Å². The van der Waals surface area contributed by atoms with E-state index >= 15 is 0 Å². The van der Waals surface area contributed by atoms with Gasteiger partial charge in [0.05, 0.1) is 13.2 Å². The normalized spacial score (nSPS) is 24.7. The highest BCUT2D eigenvalue weighted by Gasteiger charge is 2.15. The number of hydrogen-bond donors (Lipinski definition) is 0. The summed E-state index contributed by atoms with van der Waals surface area (Å²) in [5.41, 5.74) is 0. The SMILES string of the molecule is CC(=S)OC[C@H]1CCOC1. The molecule has 0 amide bonds. The molecule has 1 rings (SSSR count). The van der Waals surface area contributed by atoms with E-state index in [1.165, 1.54) is 0 Å². The zero-order valence-electron chi connectivity index (χ0n) is 6.13. The summed E-state index contributed by atoms with van der Waals surface area (Å²) >= 11 is 4.77. The fraction of sp³-hybridized carbons (Fsp3) is 0.857. The molecule has 0 aromatic heterocycles. The predicted octanol–water partition coefficient (Wildman–Crippen LogP) is 1.39. The van der Waals surface area contributed by atoms with Gasteiger partial charge in [0.15, 0.2) is 5.05 Å². The summed E-state index contributed by atoms with van der Waals surface area (Å²) in [6, 6.07) is 0. The van der Waals surface area contributed by atoms with Gasteiger partial charge < -0.3 is 9.47 Å². The third-order valence-corrected chi connectivity index (χ3v) is 1.66. The van der Waals surface area contributed by atoms with Crippen LogP contribution in [0.5, 0.6) is 0 Å². The van der Waals surface area contributed by atoms with Crippen molar-refractivity contribution >= 4 is 17.3 Å². The number of ether oxygens (including phenoxy) is 2. The van der Waals surface area contributed by atoms with Crippen molar-refractivity contribution in [3.8, 4) is 0 Å². The Hall–Kier alpha value is -0.150. The van der Waals surface area contributed by atoms with E-state index in [4.69, 9.17) is 21.7 Å². The zero-order chi connectivity index (χ0) is 7.40. The largest absolute Gasteiger partial charge is 0.487 e. The topological polar surface area (TPSA) is 18.5 Å². The van der Waals surface area contributed by atoms with Crippen LogP contribution in [0, 0.1) is 5.92 Å². The van der Waals surface area contributed by atoms with Gasteiger partial charge in [0.25, 0.3) is 0 Å². The molecule has 0 N–H and O–H groups in total. The molecule has 0 aromatic carbocycles. The quantitative estimate of drug-likeness (QED) is 0.569. The van der Waals surface area contributed by atoms with Crippen molar-refractivity contribution in [2.75, 3.05) is 19.8 Å². The second-order valence-corrected chi connectivity index (χ2v) is 3.11. The molecule has 0 bridgehead atoms. The molecule has 2 nitrogen and oxygen atoms in total. The molecule has 0 saturated carbocycles. The van der Waals surface area contributed by atoms with E-state index in [0.29, 0.717) is 11.0 Å². The zero-order valence-corrected chi connectivity index (χ0v) is 6.95. The van der Waals surface area contributed by atoms with Crippen LogP contribution < -0.4 is 0 Å². The van der Waals surface area contributed by atoms with Gasteiger partial charge in [0.1, 0.15) is 0 Å². The van der Waals surface area contributed by atoms with E-state index < -0.39 is 0 Å². The Bertz CT molecular complexity index is 119. The summed E-state index contributed by atoms with van der Waals surface area (Å²) in [6.07, 6.45) is 1.11. The highest BCUT2D eigenvalue weighted by atomic mass is 32.1. The lowest BCUT2D eigenvalue weighted by Crippen LogP contribution is -2.10. The summed E-state index contributed by atoms with van der Waals surface area (Å²) in [6.45, 7) is 4.24. The van der Waals surface area contributed by atoms with Crippen molar-refractivity contribution in [3.63, 3.8) is 0 Å². The Morgan fingerprint density at radius 3 is 3.10 bits per heavy atom. The minimum atomic E-state index is 0.567. The Balaban J connectivity index is 2.07. The average molecular weight is 160 g/mol. The second kappa shape index (κ2) is 3.88. The van der Waals surface area contributed by atoms with Gasteiger partial charge in [-0.05, 0) is 18.6 Å². The average Bonchev–Trinajstić information content (AvgIpc) is 2.34. The molecular weight excluding hydrogens is 148 g/mol. The summed E-state index contributed by atoms with van der Waals surface area (Å²) < 4.78 is 10.3. The van der Waals surface area contributed by atoms with E-state index in [1.54, 1.807) is 6.92 Å². The monoisotopic (exact) mass is 160 g/mol. The Morgan fingerprint density at radius 1 is 1.80 bits per heavy atom. The molecule has 1 heterocycles. The Morgan fingerprint density at radius 2 is 2.60 bits per heavy atom. The van der Waals surface area contributed by atoms with Gasteiger partial charge in [-0.15, -0.1) is 0 Å². The molecule has 3 heteroatoms. The third-order valence-electron chi connectivity index (χ3n) is 1.55. The van der Waals surface area contributed by atoms with Gasteiger partial charge in [-0.2, -0.15) is 0 Å². The highest BCUT2D eigenvalue weighted by molar-refractivity contribution is 7.80. The van der Waals surface area contributed by atoms with E-state index in [-0.39, 0.29) is 0 Å². The fourth-order valence-electron chi connectivity index (χ4n) is 0.950. The van der Waals surface area contributed by atoms with Crippen molar-refractivity contribution < 1.29 is 9.47 Å². The first-order valence-corrected chi connectivity index (χ1v) is 3.91. The van der Waals surface area contributed by atoms with Crippen LogP contribution in [0.2, 0.25) is 0 Å². The summed E-state index contributed by atoms with van der Waals surface area (Å²) in [5, 5.41) is 0.631. The summed E-state index contributed by atoms with van der Waals surface area (Å²) in [4.78, 5) is 0. The van der Waals surface area contributed by atoms with Crippen molar-refractivity contribution in [2.24, 2.45) is 5.92 Å². The molecule has 0 radical (unpaired) electrons. The van der Waals surface area contributed by atoms with Crippen LogP contribution in [-0.2, 0) is 9.47 Å². The van der Waals surface area contributed by atoms with Gasteiger partial charge in [0.2, 0.25) is 0 Å².